The highest BCUT2D eigenvalue weighted by molar-refractivity contribution is 9.10. The second kappa shape index (κ2) is 5.20. The van der Waals surface area contributed by atoms with E-state index < -0.39 is 0 Å². The minimum absolute atomic E-state index is 0.109. The van der Waals surface area contributed by atoms with Gasteiger partial charge in [0.2, 0.25) is 0 Å². The molecule has 94 valence electrons. The van der Waals surface area contributed by atoms with Gasteiger partial charge in [-0.15, -0.1) is 11.3 Å². The fourth-order valence-electron chi connectivity index (χ4n) is 1.64. The van der Waals surface area contributed by atoms with Gasteiger partial charge >= 0.3 is 0 Å². The molecule has 0 spiro atoms. The van der Waals surface area contributed by atoms with Crippen LogP contribution in [0.5, 0.6) is 0 Å². The lowest BCUT2D eigenvalue weighted by molar-refractivity contribution is 0.102. The molecule has 2 aromatic rings. The predicted octanol–water partition coefficient (Wildman–Crippen LogP) is 4.08. The number of aromatic nitrogens is 1. The van der Waals surface area contributed by atoms with Crippen LogP contribution in [0.25, 0.3) is 0 Å². The van der Waals surface area contributed by atoms with Gasteiger partial charge < -0.3 is 5.32 Å². The number of aryl methyl sites for hydroxylation is 3. The Balaban J connectivity index is 2.24. The number of hydrogen-bond acceptors (Lipinski definition) is 3. The number of nitrogens with zero attached hydrogens (tertiary/aromatic N) is 1. The number of nitrogens with one attached hydrogen (secondary N) is 1. The van der Waals surface area contributed by atoms with E-state index in [1.165, 1.54) is 11.3 Å². The number of anilines is 1. The molecule has 0 bridgehead atoms. The third-order valence-corrected chi connectivity index (χ3v) is 4.21. The van der Waals surface area contributed by atoms with Crippen LogP contribution in [0.15, 0.2) is 22.7 Å². The van der Waals surface area contributed by atoms with Crippen LogP contribution < -0.4 is 5.32 Å². The molecule has 0 saturated carbocycles. The second-order valence-corrected chi connectivity index (χ2v) is 6.14. The number of amides is 1. The molecule has 1 aromatic heterocycles. The standard InChI is InChI=1S/C13H13BrN2OS/c1-7-4-5-11(10(14)6-7)16-13(17)12-8(2)15-9(3)18-12/h4-6H,1-3H3,(H,16,17). The molecule has 0 radical (unpaired) electrons. The molecule has 0 fully saturated rings. The number of thiazole rings is 1. The summed E-state index contributed by atoms with van der Waals surface area (Å²) in [4.78, 5) is 17.0. The molecule has 5 heteroatoms. The Morgan fingerprint density at radius 1 is 1.33 bits per heavy atom. The van der Waals surface area contributed by atoms with Gasteiger partial charge in [-0.1, -0.05) is 6.07 Å². The Labute approximate surface area is 118 Å². The molecule has 3 nitrogen and oxygen atoms in total. The zero-order valence-corrected chi connectivity index (χ0v) is 12.8. The molecule has 0 unspecified atom stereocenters. The summed E-state index contributed by atoms with van der Waals surface area (Å²) in [6, 6.07) is 5.83. The molecular weight excluding hydrogens is 312 g/mol. The van der Waals surface area contributed by atoms with Crippen molar-refractivity contribution in [3.05, 3.63) is 43.8 Å². The lowest BCUT2D eigenvalue weighted by atomic mass is 10.2. The minimum Gasteiger partial charge on any atom is -0.320 e. The molecule has 0 aliphatic heterocycles. The predicted molar refractivity (Wildman–Crippen MR) is 78.4 cm³/mol. The monoisotopic (exact) mass is 324 g/mol. The van der Waals surface area contributed by atoms with Gasteiger partial charge in [0.1, 0.15) is 4.88 Å². The average molecular weight is 325 g/mol. The van der Waals surface area contributed by atoms with E-state index in [2.05, 4.69) is 26.2 Å². The van der Waals surface area contributed by atoms with Gasteiger partial charge in [-0.25, -0.2) is 4.98 Å². The summed E-state index contributed by atoms with van der Waals surface area (Å²) in [6.45, 7) is 5.76. The maximum Gasteiger partial charge on any atom is 0.267 e. The van der Waals surface area contributed by atoms with Crippen LogP contribution in [0.1, 0.15) is 25.9 Å². The van der Waals surface area contributed by atoms with E-state index in [1.807, 2.05) is 39.0 Å². The van der Waals surface area contributed by atoms with Crippen LogP contribution in [0, 0.1) is 20.8 Å². The summed E-state index contributed by atoms with van der Waals surface area (Å²) in [7, 11) is 0. The van der Waals surface area contributed by atoms with E-state index in [4.69, 9.17) is 0 Å². The highest BCUT2D eigenvalue weighted by Crippen LogP contribution is 2.25. The smallest absolute Gasteiger partial charge is 0.267 e. The summed E-state index contributed by atoms with van der Waals surface area (Å²) in [5, 5.41) is 3.80. The van der Waals surface area contributed by atoms with Gasteiger partial charge in [-0.2, -0.15) is 0 Å². The molecule has 0 aliphatic rings. The van der Waals surface area contributed by atoms with Crippen LogP contribution in [0.2, 0.25) is 0 Å². The number of rotatable bonds is 2. The van der Waals surface area contributed by atoms with Crippen molar-refractivity contribution in [2.75, 3.05) is 5.32 Å². The number of benzene rings is 1. The van der Waals surface area contributed by atoms with Crippen molar-refractivity contribution >= 4 is 38.9 Å². The van der Waals surface area contributed by atoms with Crippen molar-refractivity contribution in [1.82, 2.24) is 4.98 Å². The summed E-state index contributed by atoms with van der Waals surface area (Å²) in [5.74, 6) is -0.109. The summed E-state index contributed by atoms with van der Waals surface area (Å²) in [5.41, 5.74) is 2.69. The van der Waals surface area contributed by atoms with Crippen molar-refractivity contribution in [2.45, 2.75) is 20.8 Å². The first-order chi connectivity index (χ1) is 8.47. The molecule has 18 heavy (non-hydrogen) atoms. The first-order valence-electron chi connectivity index (χ1n) is 5.49. The first kappa shape index (κ1) is 13.2. The minimum atomic E-state index is -0.109. The van der Waals surface area contributed by atoms with Gasteiger partial charge in [0.15, 0.2) is 0 Å². The second-order valence-electron chi connectivity index (χ2n) is 4.08. The molecule has 0 atom stereocenters. The molecular formula is C13H13BrN2OS. The number of carbonyl (C=O) groups is 1. The topological polar surface area (TPSA) is 42.0 Å². The average Bonchev–Trinajstić information content (AvgIpc) is 2.62. The maximum absolute atomic E-state index is 12.1. The Morgan fingerprint density at radius 2 is 2.06 bits per heavy atom. The van der Waals surface area contributed by atoms with Crippen molar-refractivity contribution in [3.63, 3.8) is 0 Å². The fourth-order valence-corrected chi connectivity index (χ4v) is 3.05. The number of halogens is 1. The van der Waals surface area contributed by atoms with Crippen molar-refractivity contribution in [3.8, 4) is 0 Å². The molecule has 1 aromatic carbocycles. The number of carbonyl (C=O) groups excluding carboxylic acids is 1. The fraction of sp³-hybridized carbons (Fsp3) is 0.231. The van der Waals surface area contributed by atoms with Gasteiger partial charge in [-0.3, -0.25) is 4.79 Å². The first-order valence-corrected chi connectivity index (χ1v) is 7.10. The van der Waals surface area contributed by atoms with Crippen molar-refractivity contribution in [2.24, 2.45) is 0 Å². The van der Waals surface area contributed by atoms with Crippen LogP contribution in [0.3, 0.4) is 0 Å². The highest BCUT2D eigenvalue weighted by Gasteiger charge is 2.14. The Morgan fingerprint density at radius 3 is 2.61 bits per heavy atom. The van der Waals surface area contributed by atoms with Gasteiger partial charge in [0.05, 0.1) is 16.4 Å². The van der Waals surface area contributed by atoms with E-state index in [0.29, 0.717) is 4.88 Å². The van der Waals surface area contributed by atoms with Crippen LogP contribution in [-0.2, 0) is 0 Å². The normalized spacial score (nSPS) is 10.4. The molecule has 2 rings (SSSR count). The van der Waals surface area contributed by atoms with Crippen LogP contribution in [-0.4, -0.2) is 10.9 Å². The third-order valence-electron chi connectivity index (χ3n) is 2.48. The van der Waals surface area contributed by atoms with E-state index >= 15 is 0 Å². The molecule has 1 amide bonds. The van der Waals surface area contributed by atoms with Crippen LogP contribution in [0.4, 0.5) is 5.69 Å². The summed E-state index contributed by atoms with van der Waals surface area (Å²) < 4.78 is 0.884. The number of hydrogen-bond donors (Lipinski definition) is 1. The molecule has 0 aliphatic carbocycles. The van der Waals surface area contributed by atoms with Crippen molar-refractivity contribution < 1.29 is 4.79 Å². The largest absolute Gasteiger partial charge is 0.320 e. The van der Waals surface area contributed by atoms with E-state index in [0.717, 1.165) is 26.4 Å². The summed E-state index contributed by atoms with van der Waals surface area (Å²) in [6.07, 6.45) is 0. The Bertz CT molecular complexity index is 607. The van der Waals surface area contributed by atoms with E-state index in [9.17, 15) is 4.79 Å². The van der Waals surface area contributed by atoms with Gasteiger partial charge in [-0.05, 0) is 54.4 Å². The van der Waals surface area contributed by atoms with E-state index in [-0.39, 0.29) is 5.91 Å². The maximum atomic E-state index is 12.1. The molecule has 1 N–H and O–H groups in total. The lowest BCUT2D eigenvalue weighted by Crippen LogP contribution is -2.12. The quantitative estimate of drug-likeness (QED) is 0.904. The lowest BCUT2D eigenvalue weighted by Gasteiger charge is -2.07. The zero-order valence-electron chi connectivity index (χ0n) is 10.4. The molecule has 1 heterocycles. The Hall–Kier alpha value is -1.20. The van der Waals surface area contributed by atoms with Crippen molar-refractivity contribution in [1.29, 1.82) is 0 Å². The van der Waals surface area contributed by atoms with Gasteiger partial charge in [0, 0.05) is 4.47 Å². The SMILES string of the molecule is Cc1ccc(NC(=O)c2sc(C)nc2C)c(Br)c1. The zero-order chi connectivity index (χ0) is 13.3. The van der Waals surface area contributed by atoms with Crippen LogP contribution >= 0.6 is 27.3 Å². The third kappa shape index (κ3) is 2.79. The molecule has 0 saturated heterocycles. The van der Waals surface area contributed by atoms with E-state index in [1.54, 1.807) is 0 Å². The van der Waals surface area contributed by atoms with Gasteiger partial charge in [0.25, 0.3) is 5.91 Å². The summed E-state index contributed by atoms with van der Waals surface area (Å²) >= 11 is 4.86. The highest BCUT2D eigenvalue weighted by atomic mass is 79.9. The Kier molecular flexibility index (Phi) is 3.82.